The number of thioether (sulfide) groups is 1. The molecule has 0 bridgehead atoms. The van der Waals surface area contributed by atoms with E-state index in [1.54, 1.807) is 11.3 Å². The lowest BCUT2D eigenvalue weighted by atomic mass is 9.95. The maximum Gasteiger partial charge on any atom is 0.341 e. The Kier molecular flexibility index (Phi) is 7.56. The molecule has 0 radical (unpaired) electrons. The summed E-state index contributed by atoms with van der Waals surface area (Å²) in [4.78, 5) is 27.8. The second-order valence-electron chi connectivity index (χ2n) is 8.74. The minimum atomic E-state index is -0.389. The monoisotopic (exact) mass is 532 g/mol. The summed E-state index contributed by atoms with van der Waals surface area (Å²) in [5, 5.41) is 15.2. The van der Waals surface area contributed by atoms with Crippen molar-refractivity contribution in [2.75, 3.05) is 24.8 Å². The van der Waals surface area contributed by atoms with Crippen molar-refractivity contribution < 1.29 is 19.1 Å². The van der Waals surface area contributed by atoms with E-state index in [9.17, 15) is 9.59 Å². The summed E-state index contributed by atoms with van der Waals surface area (Å²) in [7, 11) is 1.38. The van der Waals surface area contributed by atoms with E-state index in [1.165, 1.54) is 40.0 Å². The third-order valence-electron chi connectivity index (χ3n) is 6.26. The fraction of sp³-hybridized carbons (Fsp3) is 0.500. The zero-order chi connectivity index (χ0) is 24.4. The van der Waals surface area contributed by atoms with Crippen molar-refractivity contribution in [1.82, 2.24) is 14.8 Å². The largest absolute Gasteiger partial charge is 0.465 e. The first-order chi connectivity index (χ1) is 17.0. The van der Waals surface area contributed by atoms with E-state index in [0.717, 1.165) is 62.1 Å². The van der Waals surface area contributed by atoms with Gasteiger partial charge in [0.2, 0.25) is 5.91 Å². The van der Waals surface area contributed by atoms with Crippen LogP contribution in [0.3, 0.4) is 0 Å². The number of hydrogen-bond acceptors (Lipinski definition) is 9. The van der Waals surface area contributed by atoms with E-state index < -0.39 is 0 Å². The maximum absolute atomic E-state index is 12.9. The molecule has 1 aliphatic carbocycles. The smallest absolute Gasteiger partial charge is 0.341 e. The van der Waals surface area contributed by atoms with Crippen LogP contribution in [0.1, 0.15) is 51.4 Å². The molecule has 5 rings (SSSR count). The van der Waals surface area contributed by atoms with Crippen molar-refractivity contribution in [3.63, 3.8) is 0 Å². The van der Waals surface area contributed by atoms with Crippen molar-refractivity contribution in [1.29, 1.82) is 0 Å². The van der Waals surface area contributed by atoms with Gasteiger partial charge in [-0.15, -0.1) is 32.9 Å². The third kappa shape index (κ3) is 5.32. The van der Waals surface area contributed by atoms with Crippen molar-refractivity contribution in [2.24, 2.45) is 0 Å². The molecule has 1 unspecified atom stereocenters. The number of carbonyl (C=O) groups is 2. The summed E-state index contributed by atoms with van der Waals surface area (Å²) in [5.74, 6) is 0.388. The van der Waals surface area contributed by atoms with Gasteiger partial charge >= 0.3 is 5.97 Å². The second-order valence-corrected chi connectivity index (χ2v) is 11.9. The van der Waals surface area contributed by atoms with Crippen LogP contribution in [-0.4, -0.2) is 52.2 Å². The van der Waals surface area contributed by atoms with E-state index in [2.05, 4.69) is 38.5 Å². The lowest BCUT2D eigenvalue weighted by molar-refractivity contribution is -0.113. The molecule has 1 atom stereocenters. The van der Waals surface area contributed by atoms with Crippen LogP contribution < -0.4 is 5.32 Å². The Morgan fingerprint density at radius 2 is 2.14 bits per heavy atom. The van der Waals surface area contributed by atoms with Gasteiger partial charge in [-0.1, -0.05) is 11.8 Å². The van der Waals surface area contributed by atoms with E-state index in [-0.39, 0.29) is 23.7 Å². The van der Waals surface area contributed by atoms with Crippen LogP contribution in [0.4, 0.5) is 5.00 Å². The van der Waals surface area contributed by atoms with E-state index >= 15 is 0 Å². The van der Waals surface area contributed by atoms with E-state index in [1.807, 2.05) is 0 Å². The number of rotatable bonds is 8. The Hall–Kier alpha value is -2.21. The van der Waals surface area contributed by atoms with Crippen molar-refractivity contribution in [3.8, 4) is 11.4 Å². The average molecular weight is 533 g/mol. The molecule has 35 heavy (non-hydrogen) atoms. The van der Waals surface area contributed by atoms with Crippen LogP contribution in [0.2, 0.25) is 0 Å². The molecule has 0 saturated carbocycles. The predicted molar refractivity (Wildman–Crippen MR) is 139 cm³/mol. The standard InChI is InChI=1S/C24H28N4O4S3/c1-14-10-15(12-33-14)21-26-27-24(28(21)11-16-6-5-9-32-16)34-13-19(29)25-22-20(23(30)31-2)17-7-3-4-8-18(17)35-22/h10,12,16H,3-9,11,13H2,1-2H3,(H,25,29). The first kappa shape index (κ1) is 24.5. The summed E-state index contributed by atoms with van der Waals surface area (Å²) in [6.07, 6.45) is 6.11. The number of ether oxygens (including phenoxy) is 2. The molecule has 2 aliphatic rings. The molecule has 1 aliphatic heterocycles. The van der Waals surface area contributed by atoms with Crippen LogP contribution in [0.5, 0.6) is 0 Å². The molecule has 11 heteroatoms. The molecule has 1 amide bonds. The number of nitrogens with zero attached hydrogens (tertiary/aromatic N) is 3. The van der Waals surface area contributed by atoms with Crippen LogP contribution in [0.25, 0.3) is 11.4 Å². The Morgan fingerprint density at radius 1 is 1.29 bits per heavy atom. The fourth-order valence-electron chi connectivity index (χ4n) is 4.59. The highest BCUT2D eigenvalue weighted by atomic mass is 32.2. The van der Waals surface area contributed by atoms with Crippen molar-refractivity contribution in [2.45, 2.75) is 63.3 Å². The van der Waals surface area contributed by atoms with Gasteiger partial charge in [0.25, 0.3) is 0 Å². The minimum absolute atomic E-state index is 0.123. The quantitative estimate of drug-likeness (QED) is 0.324. The zero-order valence-corrected chi connectivity index (χ0v) is 22.2. The van der Waals surface area contributed by atoms with E-state index in [0.29, 0.717) is 22.3 Å². The summed E-state index contributed by atoms with van der Waals surface area (Å²) in [5.41, 5.74) is 2.58. The number of carbonyl (C=O) groups excluding carboxylic acids is 2. The molecule has 8 nitrogen and oxygen atoms in total. The Labute approximate surface area is 216 Å². The lowest BCUT2D eigenvalue weighted by Gasteiger charge is -2.14. The molecule has 1 N–H and O–H groups in total. The highest BCUT2D eigenvalue weighted by molar-refractivity contribution is 7.99. The third-order valence-corrected chi connectivity index (χ3v) is 9.30. The van der Waals surface area contributed by atoms with Gasteiger partial charge in [-0.3, -0.25) is 9.36 Å². The molecule has 186 valence electrons. The number of hydrogen-bond donors (Lipinski definition) is 1. The molecule has 0 aromatic carbocycles. The topological polar surface area (TPSA) is 95.3 Å². The highest BCUT2D eigenvalue weighted by Crippen LogP contribution is 2.39. The average Bonchev–Trinajstić information content (AvgIpc) is 3.64. The summed E-state index contributed by atoms with van der Waals surface area (Å²) < 4.78 is 12.9. The SMILES string of the molecule is COC(=O)c1c(NC(=O)CSc2nnc(-c3csc(C)c3)n2CC2CCCO2)sc2c1CCCC2. The summed E-state index contributed by atoms with van der Waals surface area (Å²) >= 11 is 4.52. The number of methoxy groups -OCH3 is 1. The normalized spacial score (nSPS) is 17.4. The second kappa shape index (κ2) is 10.8. The van der Waals surface area contributed by atoms with Gasteiger partial charge in [0.15, 0.2) is 11.0 Å². The molecule has 0 spiro atoms. The first-order valence-electron chi connectivity index (χ1n) is 11.8. The van der Waals surface area contributed by atoms with Gasteiger partial charge in [-0.2, -0.15) is 0 Å². The Morgan fingerprint density at radius 3 is 2.89 bits per heavy atom. The number of esters is 1. The summed E-state index contributed by atoms with van der Waals surface area (Å²) in [6.45, 7) is 3.50. The number of amides is 1. The van der Waals surface area contributed by atoms with Crippen molar-refractivity contribution >= 4 is 51.3 Å². The first-order valence-corrected chi connectivity index (χ1v) is 14.5. The predicted octanol–water partition coefficient (Wildman–Crippen LogP) is 4.95. The highest BCUT2D eigenvalue weighted by Gasteiger charge is 2.27. The van der Waals surface area contributed by atoms with Crippen LogP contribution in [0, 0.1) is 6.92 Å². The van der Waals surface area contributed by atoms with Gasteiger partial charge in [0, 0.05) is 27.3 Å². The molecule has 3 aromatic heterocycles. The molecule has 4 heterocycles. The van der Waals surface area contributed by atoms with Gasteiger partial charge in [0.05, 0.1) is 31.1 Å². The number of aromatic nitrogens is 3. The Bertz CT molecular complexity index is 1230. The van der Waals surface area contributed by atoms with E-state index in [4.69, 9.17) is 9.47 Å². The number of thiophene rings is 2. The molecule has 3 aromatic rings. The summed E-state index contributed by atoms with van der Waals surface area (Å²) in [6, 6.07) is 2.11. The molecular weight excluding hydrogens is 504 g/mol. The van der Waals surface area contributed by atoms with Crippen LogP contribution >= 0.6 is 34.4 Å². The Balaban J connectivity index is 1.32. The van der Waals surface area contributed by atoms with Gasteiger partial charge < -0.3 is 14.8 Å². The molecular formula is C24H28N4O4S3. The number of anilines is 1. The van der Waals surface area contributed by atoms with Gasteiger partial charge in [0.1, 0.15) is 5.00 Å². The molecule has 1 saturated heterocycles. The number of aryl methyl sites for hydroxylation is 2. The van der Waals surface area contributed by atoms with Crippen molar-refractivity contribution in [3.05, 3.63) is 32.3 Å². The maximum atomic E-state index is 12.9. The molecule has 1 fully saturated rings. The lowest BCUT2D eigenvalue weighted by Crippen LogP contribution is -2.18. The number of nitrogens with one attached hydrogen (secondary N) is 1. The fourth-order valence-corrected chi connectivity index (χ4v) is 7.31. The van der Waals surface area contributed by atoms with Crippen LogP contribution in [0.15, 0.2) is 16.6 Å². The van der Waals surface area contributed by atoms with Gasteiger partial charge in [-0.05, 0) is 57.1 Å². The van der Waals surface area contributed by atoms with Gasteiger partial charge in [-0.25, -0.2) is 4.79 Å². The van der Waals surface area contributed by atoms with Crippen LogP contribution in [-0.2, 0) is 33.7 Å². The minimum Gasteiger partial charge on any atom is -0.465 e. The zero-order valence-electron chi connectivity index (χ0n) is 19.8. The number of fused-ring (bicyclic) bond motifs is 1.